The second kappa shape index (κ2) is 6.18. The first-order chi connectivity index (χ1) is 9.40. The van der Waals surface area contributed by atoms with Crippen LogP contribution in [0.2, 0.25) is 0 Å². The van der Waals surface area contributed by atoms with E-state index in [4.69, 9.17) is 11.6 Å². The van der Waals surface area contributed by atoms with E-state index < -0.39 is 17.1 Å². The third kappa shape index (κ3) is 3.17. The Bertz CT molecular complexity index is 577. The van der Waals surface area contributed by atoms with E-state index in [1.165, 1.54) is 0 Å². The Labute approximate surface area is 127 Å². The summed E-state index contributed by atoms with van der Waals surface area (Å²) in [7, 11) is 0. The number of piperidine rings is 1. The van der Waals surface area contributed by atoms with Crippen LogP contribution >= 0.6 is 27.5 Å². The lowest BCUT2D eigenvalue weighted by molar-refractivity contribution is 0.107. The zero-order chi connectivity index (χ0) is 14.9. The summed E-state index contributed by atoms with van der Waals surface area (Å²) in [6.07, 6.45) is -1.28. The highest BCUT2D eigenvalue weighted by Gasteiger charge is 2.24. The van der Waals surface area contributed by atoms with E-state index in [0.29, 0.717) is 23.2 Å². The Morgan fingerprint density at radius 3 is 2.35 bits per heavy atom. The molecular formula is C13H10BrClF3NO. The molecule has 1 aliphatic rings. The molecule has 0 N–H and O–H groups in total. The van der Waals surface area contributed by atoms with Crippen molar-refractivity contribution in [3.8, 4) is 0 Å². The van der Waals surface area contributed by atoms with Gasteiger partial charge in [0.25, 0.3) is 11.3 Å². The number of rotatable bonds is 2. The number of anilines is 1. The van der Waals surface area contributed by atoms with Gasteiger partial charge < -0.3 is 4.90 Å². The van der Waals surface area contributed by atoms with E-state index in [2.05, 4.69) is 15.9 Å². The van der Waals surface area contributed by atoms with E-state index in [1.807, 2.05) is 0 Å². The maximum absolute atomic E-state index is 13.8. The van der Waals surface area contributed by atoms with Gasteiger partial charge in [-0.25, -0.2) is 4.39 Å². The van der Waals surface area contributed by atoms with Crippen LogP contribution in [0.15, 0.2) is 28.3 Å². The molecule has 1 aromatic rings. The Balaban J connectivity index is 2.35. The van der Waals surface area contributed by atoms with Gasteiger partial charge in [-0.15, -0.1) is 0 Å². The minimum atomic E-state index is -1.65. The summed E-state index contributed by atoms with van der Waals surface area (Å²) < 4.78 is 39.3. The van der Waals surface area contributed by atoms with Crippen LogP contribution in [0.1, 0.15) is 23.2 Å². The van der Waals surface area contributed by atoms with Gasteiger partial charge in [-0.1, -0.05) is 15.9 Å². The molecular weight excluding hydrogens is 359 g/mol. The summed E-state index contributed by atoms with van der Waals surface area (Å²) in [5, 5.41) is -0.900. The molecule has 1 fully saturated rings. The van der Waals surface area contributed by atoms with Crippen molar-refractivity contribution < 1.29 is 18.0 Å². The quantitative estimate of drug-likeness (QED) is 0.704. The van der Waals surface area contributed by atoms with E-state index in [1.54, 1.807) is 11.0 Å². The Morgan fingerprint density at radius 1 is 1.25 bits per heavy atom. The van der Waals surface area contributed by atoms with Gasteiger partial charge in [-0.3, -0.25) is 4.79 Å². The van der Waals surface area contributed by atoms with Crippen molar-refractivity contribution in [2.75, 3.05) is 18.0 Å². The first-order valence-electron chi connectivity index (χ1n) is 5.87. The third-order valence-electron chi connectivity index (χ3n) is 3.21. The smallest absolute Gasteiger partial charge is 0.269 e. The highest BCUT2D eigenvalue weighted by molar-refractivity contribution is 9.10. The van der Waals surface area contributed by atoms with Crippen molar-refractivity contribution in [2.24, 2.45) is 0 Å². The Hall–Kier alpha value is -1.01. The average molecular weight is 369 g/mol. The fraction of sp³-hybridized carbons (Fsp3) is 0.308. The van der Waals surface area contributed by atoms with Gasteiger partial charge >= 0.3 is 0 Å². The molecule has 0 spiro atoms. The van der Waals surface area contributed by atoms with Gasteiger partial charge in [-0.2, -0.15) is 8.78 Å². The zero-order valence-electron chi connectivity index (χ0n) is 10.2. The van der Waals surface area contributed by atoms with Crippen LogP contribution in [0.25, 0.3) is 0 Å². The normalized spacial score (nSPS) is 15.4. The van der Waals surface area contributed by atoms with Crippen LogP contribution in [0.5, 0.6) is 0 Å². The lowest BCUT2D eigenvalue weighted by Gasteiger charge is -2.31. The minimum Gasteiger partial charge on any atom is -0.370 e. The fourth-order valence-corrected chi connectivity index (χ4v) is 2.82. The molecule has 0 radical (unpaired) electrons. The summed E-state index contributed by atoms with van der Waals surface area (Å²) in [6.45, 7) is 0.583. The van der Waals surface area contributed by atoms with E-state index in [-0.39, 0.29) is 24.0 Å². The number of carbonyl (C=O) groups excluding carboxylic acids is 1. The number of benzene rings is 1. The summed E-state index contributed by atoms with van der Waals surface area (Å²) in [5.74, 6) is -0.729. The number of hydrogen-bond acceptors (Lipinski definition) is 2. The summed E-state index contributed by atoms with van der Waals surface area (Å²) >= 11 is 8.56. The van der Waals surface area contributed by atoms with Gasteiger partial charge in [0, 0.05) is 17.6 Å². The highest BCUT2D eigenvalue weighted by atomic mass is 79.9. The summed E-state index contributed by atoms with van der Waals surface area (Å²) in [5.41, 5.74) is 0.216. The van der Waals surface area contributed by atoms with Gasteiger partial charge in [-0.05, 0) is 42.1 Å². The topological polar surface area (TPSA) is 20.3 Å². The predicted molar refractivity (Wildman–Crippen MR) is 75.0 cm³/mol. The number of hydrogen-bond donors (Lipinski definition) is 0. The average Bonchev–Trinajstić information content (AvgIpc) is 2.37. The van der Waals surface area contributed by atoms with Crippen LogP contribution in [-0.2, 0) is 0 Å². The Kier molecular flexibility index (Phi) is 4.75. The Morgan fingerprint density at radius 2 is 1.85 bits per heavy atom. The maximum Gasteiger partial charge on any atom is 0.269 e. The molecule has 108 valence electrons. The molecule has 1 saturated heterocycles. The molecule has 0 aromatic heterocycles. The lowest BCUT2D eigenvalue weighted by Crippen LogP contribution is -2.32. The molecule has 2 rings (SSSR count). The van der Waals surface area contributed by atoms with E-state index in [0.717, 1.165) is 6.07 Å². The molecule has 0 aliphatic carbocycles. The number of carbonyl (C=O) groups is 1. The second-order valence-electron chi connectivity index (χ2n) is 4.41. The molecule has 1 aliphatic heterocycles. The molecule has 1 heterocycles. The van der Waals surface area contributed by atoms with Crippen molar-refractivity contribution in [1.82, 2.24) is 0 Å². The van der Waals surface area contributed by atoms with E-state index >= 15 is 0 Å². The number of halogens is 5. The molecule has 0 atom stereocenters. The highest BCUT2D eigenvalue weighted by Crippen LogP contribution is 2.32. The van der Waals surface area contributed by atoms with Gasteiger partial charge in [0.05, 0.1) is 11.3 Å². The van der Waals surface area contributed by atoms with Crippen LogP contribution in [0.3, 0.4) is 0 Å². The predicted octanol–water partition coefficient (Wildman–Crippen LogP) is 4.72. The first-order valence-corrected chi connectivity index (χ1v) is 7.04. The molecule has 7 heteroatoms. The maximum atomic E-state index is 13.8. The molecule has 0 saturated carbocycles. The summed E-state index contributed by atoms with van der Waals surface area (Å²) in [4.78, 5) is 13.1. The van der Waals surface area contributed by atoms with Crippen LogP contribution in [-0.4, -0.2) is 18.3 Å². The van der Waals surface area contributed by atoms with Crippen LogP contribution in [0.4, 0.5) is 18.9 Å². The van der Waals surface area contributed by atoms with Gasteiger partial charge in [0.2, 0.25) is 0 Å². The summed E-state index contributed by atoms with van der Waals surface area (Å²) in [6, 6.07) is 2.72. The molecule has 0 amide bonds. The van der Waals surface area contributed by atoms with Crippen molar-refractivity contribution in [3.05, 3.63) is 39.6 Å². The lowest BCUT2D eigenvalue weighted by atomic mass is 10.0. The second-order valence-corrected chi connectivity index (χ2v) is 5.67. The monoisotopic (exact) mass is 367 g/mol. The molecule has 20 heavy (non-hydrogen) atoms. The van der Waals surface area contributed by atoms with Crippen LogP contribution < -0.4 is 4.90 Å². The number of nitrogens with zero attached hydrogens (tertiary/aromatic N) is 1. The first kappa shape index (κ1) is 15.4. The largest absolute Gasteiger partial charge is 0.370 e. The molecule has 1 aromatic carbocycles. The van der Waals surface area contributed by atoms with Gasteiger partial charge in [0.1, 0.15) is 5.82 Å². The van der Waals surface area contributed by atoms with Gasteiger partial charge in [0.15, 0.2) is 0 Å². The SMILES string of the molecule is O=C(Cl)c1c(F)cc(Br)cc1N1CCC(=C(F)F)CC1. The van der Waals surface area contributed by atoms with E-state index in [9.17, 15) is 18.0 Å². The van der Waals surface area contributed by atoms with Crippen molar-refractivity contribution >= 4 is 38.5 Å². The molecule has 0 unspecified atom stereocenters. The van der Waals surface area contributed by atoms with Crippen molar-refractivity contribution in [2.45, 2.75) is 12.8 Å². The molecule has 0 bridgehead atoms. The zero-order valence-corrected chi connectivity index (χ0v) is 12.6. The van der Waals surface area contributed by atoms with Crippen molar-refractivity contribution in [3.63, 3.8) is 0 Å². The standard InChI is InChI=1S/C13H10BrClF3NO/c14-8-5-9(16)11(12(15)20)10(6-8)19-3-1-7(2-4-19)13(17)18/h5-6H,1-4H2. The molecule has 2 nitrogen and oxygen atoms in total. The van der Waals surface area contributed by atoms with Crippen LogP contribution in [0, 0.1) is 5.82 Å². The third-order valence-corrected chi connectivity index (χ3v) is 3.85. The van der Waals surface area contributed by atoms with Crippen molar-refractivity contribution in [1.29, 1.82) is 0 Å². The minimum absolute atomic E-state index is 0.107. The fourth-order valence-electron chi connectivity index (χ4n) is 2.21.